The van der Waals surface area contributed by atoms with E-state index in [9.17, 15) is 0 Å². The van der Waals surface area contributed by atoms with Gasteiger partial charge in [0.2, 0.25) is 5.95 Å². The van der Waals surface area contributed by atoms with Crippen LogP contribution in [0.3, 0.4) is 0 Å². The van der Waals surface area contributed by atoms with Crippen molar-refractivity contribution in [1.29, 1.82) is 0 Å². The molecule has 2 fully saturated rings. The minimum absolute atomic E-state index is 0.535. The minimum atomic E-state index is 0.535. The Balaban J connectivity index is 1.67. The van der Waals surface area contributed by atoms with Crippen LogP contribution in [0.15, 0.2) is 36.4 Å². The molecule has 23 heavy (non-hydrogen) atoms. The maximum absolute atomic E-state index is 4.81. The lowest BCUT2D eigenvalue weighted by atomic mass is 10.1. The fraction of sp³-hybridized carbons (Fsp3) is 0.474. The molecule has 1 aromatic heterocycles. The molecule has 1 aromatic carbocycles. The number of hydrogen-bond acceptors (Lipinski definition) is 4. The van der Waals surface area contributed by atoms with Gasteiger partial charge >= 0.3 is 0 Å². The summed E-state index contributed by atoms with van der Waals surface area (Å²) < 4.78 is 0. The molecular weight excluding hydrogens is 284 g/mol. The largest absolute Gasteiger partial charge is 0.356 e. The zero-order valence-electron chi connectivity index (χ0n) is 13.5. The van der Waals surface area contributed by atoms with Crippen LogP contribution in [0.5, 0.6) is 0 Å². The van der Waals surface area contributed by atoms with Crippen LogP contribution >= 0.6 is 0 Å². The molecule has 2 aliphatic rings. The molecule has 0 atom stereocenters. The Hall–Kier alpha value is -2.10. The Morgan fingerprint density at radius 3 is 2.39 bits per heavy atom. The number of aromatic nitrogens is 2. The van der Waals surface area contributed by atoms with E-state index in [0.717, 1.165) is 36.1 Å². The summed E-state index contributed by atoms with van der Waals surface area (Å²) in [5, 5.41) is 3.57. The van der Waals surface area contributed by atoms with E-state index in [4.69, 9.17) is 9.97 Å². The topological polar surface area (TPSA) is 41.1 Å². The zero-order chi connectivity index (χ0) is 15.5. The molecule has 4 heteroatoms. The van der Waals surface area contributed by atoms with Crippen LogP contribution in [0, 0.1) is 0 Å². The van der Waals surface area contributed by atoms with Gasteiger partial charge in [-0.2, -0.15) is 4.98 Å². The Labute approximate surface area is 138 Å². The highest BCUT2D eigenvalue weighted by molar-refractivity contribution is 5.65. The molecule has 1 saturated heterocycles. The third-order valence-corrected chi connectivity index (χ3v) is 4.90. The first-order valence-corrected chi connectivity index (χ1v) is 8.84. The summed E-state index contributed by atoms with van der Waals surface area (Å²) in [7, 11) is 0. The molecule has 4 rings (SSSR count). The van der Waals surface area contributed by atoms with Crippen molar-refractivity contribution in [2.75, 3.05) is 23.3 Å². The van der Waals surface area contributed by atoms with Gasteiger partial charge in [0.25, 0.3) is 0 Å². The third-order valence-electron chi connectivity index (χ3n) is 4.90. The van der Waals surface area contributed by atoms with Crippen molar-refractivity contribution >= 4 is 11.8 Å². The van der Waals surface area contributed by atoms with Crippen molar-refractivity contribution in [2.45, 2.75) is 44.6 Å². The van der Waals surface area contributed by atoms with Crippen LogP contribution < -0.4 is 10.2 Å². The SMILES string of the molecule is c1ccc(-c2cc(N3CCCC3)nc(NC3CCCC3)n2)cc1. The van der Waals surface area contributed by atoms with Crippen LogP contribution in [0.25, 0.3) is 11.3 Å². The smallest absolute Gasteiger partial charge is 0.225 e. The lowest BCUT2D eigenvalue weighted by Gasteiger charge is -2.20. The Kier molecular flexibility index (Phi) is 4.14. The van der Waals surface area contributed by atoms with Crippen LogP contribution in [-0.4, -0.2) is 29.1 Å². The van der Waals surface area contributed by atoms with Gasteiger partial charge in [-0.1, -0.05) is 43.2 Å². The minimum Gasteiger partial charge on any atom is -0.356 e. The van der Waals surface area contributed by atoms with Crippen LogP contribution in [0.2, 0.25) is 0 Å². The average Bonchev–Trinajstić information content (AvgIpc) is 3.29. The quantitative estimate of drug-likeness (QED) is 0.923. The highest BCUT2D eigenvalue weighted by Gasteiger charge is 2.19. The van der Waals surface area contributed by atoms with Crippen molar-refractivity contribution in [3.8, 4) is 11.3 Å². The fourth-order valence-electron chi connectivity index (χ4n) is 3.62. The normalized spacial score (nSPS) is 18.5. The predicted molar refractivity (Wildman–Crippen MR) is 94.8 cm³/mol. The summed E-state index contributed by atoms with van der Waals surface area (Å²) in [6, 6.07) is 13.1. The maximum Gasteiger partial charge on any atom is 0.225 e. The lowest BCUT2D eigenvalue weighted by Crippen LogP contribution is -2.22. The van der Waals surface area contributed by atoms with Gasteiger partial charge in [-0.15, -0.1) is 0 Å². The first kappa shape index (κ1) is 14.5. The molecule has 2 heterocycles. The summed E-state index contributed by atoms with van der Waals surface area (Å²) in [5.74, 6) is 1.86. The summed E-state index contributed by atoms with van der Waals surface area (Å²) in [4.78, 5) is 12.0. The van der Waals surface area contributed by atoms with Crippen molar-refractivity contribution in [3.05, 3.63) is 36.4 Å². The molecular formula is C19H24N4. The van der Waals surface area contributed by atoms with Gasteiger partial charge < -0.3 is 10.2 Å². The summed E-state index contributed by atoms with van der Waals surface area (Å²) in [5.41, 5.74) is 2.17. The average molecular weight is 308 g/mol. The molecule has 1 saturated carbocycles. The van der Waals surface area contributed by atoms with E-state index in [-0.39, 0.29) is 0 Å². The van der Waals surface area contributed by atoms with Gasteiger partial charge in [0.15, 0.2) is 0 Å². The van der Waals surface area contributed by atoms with E-state index in [1.54, 1.807) is 0 Å². The fourth-order valence-corrected chi connectivity index (χ4v) is 3.62. The molecule has 0 unspecified atom stereocenters. The molecule has 2 aromatic rings. The Morgan fingerprint density at radius 1 is 0.913 bits per heavy atom. The molecule has 0 bridgehead atoms. The lowest BCUT2D eigenvalue weighted by molar-refractivity contribution is 0.743. The number of benzene rings is 1. The van der Waals surface area contributed by atoms with Crippen LogP contribution in [0.4, 0.5) is 11.8 Å². The number of nitrogens with one attached hydrogen (secondary N) is 1. The van der Waals surface area contributed by atoms with E-state index in [1.807, 2.05) is 6.07 Å². The van der Waals surface area contributed by atoms with E-state index < -0.39 is 0 Å². The van der Waals surface area contributed by atoms with Crippen molar-refractivity contribution in [3.63, 3.8) is 0 Å². The van der Waals surface area contributed by atoms with Gasteiger partial charge in [-0.25, -0.2) is 4.98 Å². The molecule has 4 nitrogen and oxygen atoms in total. The van der Waals surface area contributed by atoms with E-state index in [2.05, 4.69) is 40.5 Å². The van der Waals surface area contributed by atoms with Gasteiger partial charge in [-0.3, -0.25) is 0 Å². The van der Waals surface area contributed by atoms with E-state index in [1.165, 1.54) is 38.5 Å². The number of anilines is 2. The Bertz CT molecular complexity index is 644. The van der Waals surface area contributed by atoms with E-state index in [0.29, 0.717) is 6.04 Å². The van der Waals surface area contributed by atoms with Crippen LogP contribution in [0.1, 0.15) is 38.5 Å². The van der Waals surface area contributed by atoms with Crippen molar-refractivity contribution < 1.29 is 0 Å². The van der Waals surface area contributed by atoms with Gasteiger partial charge in [0.05, 0.1) is 5.69 Å². The second-order valence-corrected chi connectivity index (χ2v) is 6.62. The van der Waals surface area contributed by atoms with E-state index >= 15 is 0 Å². The molecule has 1 N–H and O–H groups in total. The maximum atomic E-state index is 4.81. The first-order valence-electron chi connectivity index (χ1n) is 8.84. The van der Waals surface area contributed by atoms with Crippen molar-refractivity contribution in [1.82, 2.24) is 9.97 Å². The zero-order valence-corrected chi connectivity index (χ0v) is 13.5. The van der Waals surface area contributed by atoms with Crippen LogP contribution in [-0.2, 0) is 0 Å². The molecule has 0 spiro atoms. The summed E-state index contributed by atoms with van der Waals surface area (Å²) >= 11 is 0. The monoisotopic (exact) mass is 308 g/mol. The van der Waals surface area contributed by atoms with Gasteiger partial charge in [-0.05, 0) is 25.7 Å². The number of nitrogens with zero attached hydrogens (tertiary/aromatic N) is 3. The number of rotatable bonds is 4. The second-order valence-electron chi connectivity index (χ2n) is 6.62. The molecule has 1 aliphatic carbocycles. The van der Waals surface area contributed by atoms with Gasteiger partial charge in [0.1, 0.15) is 5.82 Å². The van der Waals surface area contributed by atoms with Crippen molar-refractivity contribution in [2.24, 2.45) is 0 Å². The standard InChI is InChI=1S/C19H24N4/c1-2-8-15(9-3-1)17-14-18(23-12-6-7-13-23)22-19(21-17)20-16-10-4-5-11-16/h1-3,8-9,14,16H,4-7,10-13H2,(H,20,21,22). The molecule has 0 amide bonds. The number of hydrogen-bond donors (Lipinski definition) is 1. The third kappa shape index (κ3) is 3.31. The summed E-state index contributed by atoms with van der Waals surface area (Å²) in [6.07, 6.45) is 7.62. The molecule has 120 valence electrons. The van der Waals surface area contributed by atoms with Gasteiger partial charge in [0, 0.05) is 30.8 Å². The Morgan fingerprint density at radius 2 is 1.65 bits per heavy atom. The second kappa shape index (κ2) is 6.57. The first-order chi connectivity index (χ1) is 11.4. The highest BCUT2D eigenvalue weighted by atomic mass is 15.2. The molecule has 1 aliphatic heterocycles. The highest BCUT2D eigenvalue weighted by Crippen LogP contribution is 2.27. The summed E-state index contributed by atoms with van der Waals surface area (Å²) in [6.45, 7) is 2.21. The predicted octanol–water partition coefficient (Wildman–Crippen LogP) is 4.10. The molecule has 0 radical (unpaired) electrons.